The highest BCUT2D eigenvalue weighted by Gasteiger charge is 2.08. The van der Waals surface area contributed by atoms with Gasteiger partial charge in [0.25, 0.3) is 0 Å². The molecule has 5 nitrogen and oxygen atoms in total. The predicted octanol–water partition coefficient (Wildman–Crippen LogP) is 1.61. The first kappa shape index (κ1) is 17.0. The third-order valence-corrected chi connectivity index (χ3v) is 3.57. The average molecular weight is 307 g/mol. The van der Waals surface area contributed by atoms with Crippen molar-refractivity contribution in [2.24, 2.45) is 7.05 Å². The fourth-order valence-electron chi connectivity index (χ4n) is 1.59. The maximum atomic E-state index is 10.8. The molecule has 0 amide bonds. The van der Waals surface area contributed by atoms with Crippen molar-refractivity contribution in [3.63, 3.8) is 0 Å². The molecule has 0 N–H and O–H groups in total. The van der Waals surface area contributed by atoms with Gasteiger partial charge in [0.1, 0.15) is 17.2 Å². The molecule has 6 heteroatoms. The van der Waals surface area contributed by atoms with E-state index in [1.165, 1.54) is 12.1 Å². The van der Waals surface area contributed by atoms with Crippen LogP contribution in [0.4, 0.5) is 0 Å². The predicted molar refractivity (Wildman–Crippen MR) is 76.8 cm³/mol. The average Bonchev–Trinajstić information content (AvgIpc) is 2.39. The zero-order chi connectivity index (χ0) is 16.0. The van der Waals surface area contributed by atoms with Gasteiger partial charge in [-0.3, -0.25) is 4.79 Å². The number of Topliss-reactive ketones (excluding diaryl/α,β-unsaturated/α-hetero) is 1. The molecule has 0 radical (unpaired) electrons. The van der Waals surface area contributed by atoms with Gasteiger partial charge in [-0.1, -0.05) is 17.7 Å². The zero-order valence-corrected chi connectivity index (χ0v) is 12.9. The first-order chi connectivity index (χ1) is 9.71. The van der Waals surface area contributed by atoms with Crippen molar-refractivity contribution in [3.05, 3.63) is 59.9 Å². The molecule has 0 bridgehead atoms. The summed E-state index contributed by atoms with van der Waals surface area (Å²) in [6, 6.07) is 11.3. The van der Waals surface area contributed by atoms with Crippen LogP contribution >= 0.6 is 0 Å². The molecule has 0 aliphatic rings. The van der Waals surface area contributed by atoms with E-state index in [0.29, 0.717) is 0 Å². The Morgan fingerprint density at radius 2 is 1.67 bits per heavy atom. The minimum atomic E-state index is -4.27. The Hall–Kier alpha value is -2.05. The number of rotatable bonds is 2. The normalized spacial score (nSPS) is 10.5. The van der Waals surface area contributed by atoms with Crippen LogP contribution in [0.15, 0.2) is 53.6 Å². The highest BCUT2D eigenvalue weighted by atomic mass is 32.2. The summed E-state index contributed by atoms with van der Waals surface area (Å²) in [5.41, 5.74) is 1.67. The standard InChI is InChI=1S/C8H10NO.C7H8O3S/c1-7(10)8-5-3-4-6-9(8)2;1-6-2-4-7(5-3-6)11(8,9)10/h3-6H,1-2H3;2-5H,1H3,(H,8,9,10)/q+1;/p-1. The van der Waals surface area contributed by atoms with Gasteiger partial charge in [-0.25, -0.2) is 8.42 Å². The van der Waals surface area contributed by atoms with Gasteiger partial charge in [-0.05, 0) is 25.1 Å². The van der Waals surface area contributed by atoms with Crippen LogP contribution in [-0.2, 0) is 17.2 Å². The van der Waals surface area contributed by atoms with E-state index in [-0.39, 0.29) is 10.7 Å². The Labute approximate surface area is 124 Å². The topological polar surface area (TPSA) is 78.1 Å². The number of carbonyl (C=O) groups is 1. The highest BCUT2D eigenvalue weighted by molar-refractivity contribution is 7.85. The number of carbonyl (C=O) groups excluding carboxylic acids is 1. The maximum absolute atomic E-state index is 10.8. The van der Waals surface area contributed by atoms with Gasteiger partial charge in [0.05, 0.1) is 4.90 Å². The monoisotopic (exact) mass is 307 g/mol. The molecule has 2 aromatic rings. The Kier molecular flexibility index (Phi) is 5.75. The molecule has 0 aliphatic carbocycles. The molecular weight excluding hydrogens is 290 g/mol. The molecule has 0 aliphatic heterocycles. The summed E-state index contributed by atoms with van der Waals surface area (Å²) in [7, 11) is -2.41. The Balaban J connectivity index is 0.000000211. The van der Waals surface area contributed by atoms with Crippen molar-refractivity contribution in [2.45, 2.75) is 18.7 Å². The van der Waals surface area contributed by atoms with Crippen molar-refractivity contribution in [3.8, 4) is 0 Å². The van der Waals surface area contributed by atoms with Gasteiger partial charge in [0.15, 0.2) is 6.20 Å². The zero-order valence-electron chi connectivity index (χ0n) is 12.1. The summed E-state index contributed by atoms with van der Waals surface area (Å²) < 4.78 is 33.0. The van der Waals surface area contributed by atoms with Crippen LogP contribution in [-0.4, -0.2) is 18.8 Å². The van der Waals surface area contributed by atoms with E-state index in [9.17, 15) is 17.8 Å². The van der Waals surface area contributed by atoms with Crippen molar-refractivity contribution < 1.29 is 22.3 Å². The van der Waals surface area contributed by atoms with Crippen LogP contribution in [0.25, 0.3) is 0 Å². The first-order valence-electron chi connectivity index (χ1n) is 6.20. The van der Waals surface area contributed by atoms with Crippen molar-refractivity contribution in [2.75, 3.05) is 0 Å². The quantitative estimate of drug-likeness (QED) is 0.480. The smallest absolute Gasteiger partial charge is 0.248 e. The number of aryl methyl sites for hydroxylation is 2. The number of ketones is 1. The molecule has 0 spiro atoms. The highest BCUT2D eigenvalue weighted by Crippen LogP contribution is 2.08. The molecule has 0 unspecified atom stereocenters. The van der Waals surface area contributed by atoms with Crippen molar-refractivity contribution >= 4 is 15.9 Å². The Morgan fingerprint density at radius 1 is 1.10 bits per heavy atom. The van der Waals surface area contributed by atoms with Crippen LogP contribution in [0.5, 0.6) is 0 Å². The van der Waals surface area contributed by atoms with E-state index in [1.807, 2.05) is 42.9 Å². The van der Waals surface area contributed by atoms with Gasteiger partial charge in [0, 0.05) is 19.1 Å². The fourth-order valence-corrected chi connectivity index (χ4v) is 2.06. The maximum Gasteiger partial charge on any atom is 0.248 e. The van der Waals surface area contributed by atoms with Gasteiger partial charge in [-0.2, -0.15) is 4.57 Å². The lowest BCUT2D eigenvalue weighted by atomic mass is 10.2. The molecule has 0 atom stereocenters. The molecule has 2 rings (SSSR count). The molecule has 112 valence electrons. The van der Waals surface area contributed by atoms with Crippen LogP contribution in [0, 0.1) is 6.92 Å². The van der Waals surface area contributed by atoms with E-state index < -0.39 is 10.1 Å². The van der Waals surface area contributed by atoms with E-state index >= 15 is 0 Å². The van der Waals surface area contributed by atoms with Crippen molar-refractivity contribution in [1.82, 2.24) is 0 Å². The fraction of sp³-hybridized carbons (Fsp3) is 0.200. The van der Waals surface area contributed by atoms with E-state index in [1.54, 1.807) is 19.1 Å². The summed E-state index contributed by atoms with van der Waals surface area (Å²) in [4.78, 5) is 10.7. The molecular formula is C15H17NO4S. The molecule has 21 heavy (non-hydrogen) atoms. The van der Waals surface area contributed by atoms with Crippen LogP contribution in [0.2, 0.25) is 0 Å². The number of hydrogen-bond acceptors (Lipinski definition) is 4. The van der Waals surface area contributed by atoms with Crippen LogP contribution in [0.1, 0.15) is 23.0 Å². The molecule has 1 aromatic heterocycles. The SMILES string of the molecule is CC(=O)c1cccc[n+]1C.Cc1ccc(S(=O)(=O)[O-])cc1. The molecule has 1 aromatic carbocycles. The second kappa shape index (κ2) is 7.10. The van der Waals surface area contributed by atoms with Gasteiger partial charge < -0.3 is 4.55 Å². The molecule has 0 fully saturated rings. The number of pyridine rings is 1. The molecule has 0 saturated heterocycles. The second-order valence-electron chi connectivity index (χ2n) is 4.52. The summed E-state index contributed by atoms with van der Waals surface area (Å²) in [5.74, 6) is 0.100. The lowest BCUT2D eigenvalue weighted by Crippen LogP contribution is -2.34. The molecule has 1 heterocycles. The largest absolute Gasteiger partial charge is 0.744 e. The van der Waals surface area contributed by atoms with Crippen molar-refractivity contribution in [1.29, 1.82) is 0 Å². The van der Waals surface area contributed by atoms with Crippen LogP contribution in [0.3, 0.4) is 0 Å². The number of benzene rings is 1. The summed E-state index contributed by atoms with van der Waals surface area (Å²) in [6.07, 6.45) is 1.86. The minimum absolute atomic E-state index is 0.100. The van der Waals surface area contributed by atoms with Gasteiger partial charge in [-0.15, -0.1) is 0 Å². The first-order valence-corrected chi connectivity index (χ1v) is 7.61. The number of nitrogens with zero attached hydrogens (tertiary/aromatic N) is 1. The summed E-state index contributed by atoms with van der Waals surface area (Å²) >= 11 is 0. The number of aromatic nitrogens is 1. The van der Waals surface area contributed by atoms with E-state index in [4.69, 9.17) is 0 Å². The van der Waals surface area contributed by atoms with E-state index in [2.05, 4.69) is 0 Å². The lowest BCUT2D eigenvalue weighted by molar-refractivity contribution is -0.673. The summed E-state index contributed by atoms with van der Waals surface area (Å²) in [6.45, 7) is 3.39. The molecule has 0 saturated carbocycles. The Morgan fingerprint density at radius 3 is 2.05 bits per heavy atom. The lowest BCUT2D eigenvalue weighted by Gasteiger charge is -2.05. The minimum Gasteiger partial charge on any atom is -0.744 e. The number of hydrogen-bond donors (Lipinski definition) is 0. The third kappa shape index (κ3) is 5.45. The van der Waals surface area contributed by atoms with Gasteiger partial charge in [0.2, 0.25) is 11.5 Å². The Bertz CT molecular complexity index is 722. The summed E-state index contributed by atoms with van der Waals surface area (Å²) in [5, 5.41) is 0. The third-order valence-electron chi connectivity index (χ3n) is 2.73. The van der Waals surface area contributed by atoms with Gasteiger partial charge >= 0.3 is 0 Å². The second-order valence-corrected chi connectivity index (χ2v) is 5.90. The van der Waals surface area contributed by atoms with E-state index in [0.717, 1.165) is 11.3 Å². The van der Waals surface area contributed by atoms with Crippen LogP contribution < -0.4 is 4.57 Å².